The van der Waals surface area contributed by atoms with Gasteiger partial charge in [0, 0.05) is 43.0 Å². The van der Waals surface area contributed by atoms with Crippen LogP contribution in [0.3, 0.4) is 0 Å². The maximum atomic E-state index is 12.2. The highest BCUT2D eigenvalue weighted by Gasteiger charge is 2.32. The minimum Gasteiger partial charge on any atom is -0.330 e. The molecule has 17 heavy (non-hydrogen) atoms. The van der Waals surface area contributed by atoms with E-state index in [1.165, 1.54) is 9.47 Å². The molecule has 4 heteroatoms. The van der Waals surface area contributed by atoms with E-state index in [-0.39, 0.29) is 11.8 Å². The number of allylic oxidation sites excluding steroid dienone is 1. The number of hydrogen-bond donors (Lipinski definition) is 0. The lowest BCUT2D eigenvalue weighted by Crippen LogP contribution is -2.26. The summed E-state index contributed by atoms with van der Waals surface area (Å²) in [7, 11) is 3.37. The highest BCUT2D eigenvalue weighted by molar-refractivity contribution is 6.07. The average molecular weight is 232 g/mol. The Hall–Kier alpha value is -1.84. The Kier molecular flexibility index (Phi) is 2.45. The predicted molar refractivity (Wildman–Crippen MR) is 66.1 cm³/mol. The molecule has 1 aliphatic rings. The minimum absolute atomic E-state index is 0.0558. The van der Waals surface area contributed by atoms with E-state index in [1.807, 2.05) is 26.0 Å². The summed E-state index contributed by atoms with van der Waals surface area (Å²) in [5.41, 5.74) is 0.942. The summed E-state index contributed by atoms with van der Waals surface area (Å²) in [6, 6.07) is -0.154. The Morgan fingerprint density at radius 2 is 1.94 bits per heavy atom. The van der Waals surface area contributed by atoms with Gasteiger partial charge in [-0.2, -0.15) is 0 Å². The lowest BCUT2D eigenvalue weighted by Gasteiger charge is -2.21. The maximum Gasteiger partial charge on any atom is 0.327 e. The average Bonchev–Trinajstić information content (AvgIpc) is 2.67. The SMILES string of the molecule is CN(C)C(=O)n1cc2c(c1)C(=O)C(C)(C)C=C2. The summed E-state index contributed by atoms with van der Waals surface area (Å²) < 4.78 is 1.45. The molecule has 0 radical (unpaired) electrons. The number of Topliss-reactive ketones (excluding diaryl/α,β-unsaturated/α-hetero) is 1. The predicted octanol–water partition coefficient (Wildman–Crippen LogP) is 2.25. The third kappa shape index (κ3) is 1.79. The van der Waals surface area contributed by atoms with Crippen LogP contribution < -0.4 is 0 Å². The van der Waals surface area contributed by atoms with Gasteiger partial charge in [-0.15, -0.1) is 0 Å². The van der Waals surface area contributed by atoms with Gasteiger partial charge in [-0.1, -0.05) is 12.2 Å². The third-order valence-corrected chi connectivity index (χ3v) is 2.97. The van der Waals surface area contributed by atoms with Crippen LogP contribution in [-0.2, 0) is 0 Å². The van der Waals surface area contributed by atoms with Crippen LogP contribution in [0.1, 0.15) is 29.8 Å². The Bertz CT molecular complexity index is 522. The highest BCUT2D eigenvalue weighted by atomic mass is 16.2. The van der Waals surface area contributed by atoms with E-state index >= 15 is 0 Å². The largest absolute Gasteiger partial charge is 0.330 e. The number of ketones is 1. The highest BCUT2D eigenvalue weighted by Crippen LogP contribution is 2.32. The van der Waals surface area contributed by atoms with Gasteiger partial charge in [-0.25, -0.2) is 4.79 Å². The number of carbonyl (C=O) groups is 2. The van der Waals surface area contributed by atoms with Gasteiger partial charge < -0.3 is 4.90 Å². The number of rotatable bonds is 0. The van der Waals surface area contributed by atoms with E-state index in [2.05, 4.69) is 0 Å². The number of carbonyl (C=O) groups excluding carboxylic acids is 2. The third-order valence-electron chi connectivity index (χ3n) is 2.97. The molecule has 0 saturated carbocycles. The smallest absolute Gasteiger partial charge is 0.327 e. The molecule has 1 aromatic rings. The molecule has 0 unspecified atom stereocenters. The van der Waals surface area contributed by atoms with Crippen molar-refractivity contribution in [3.8, 4) is 0 Å². The fraction of sp³-hybridized carbons (Fsp3) is 0.385. The van der Waals surface area contributed by atoms with Crippen molar-refractivity contribution in [3.63, 3.8) is 0 Å². The monoisotopic (exact) mass is 232 g/mol. The van der Waals surface area contributed by atoms with Crippen molar-refractivity contribution >= 4 is 17.9 Å². The second kappa shape index (κ2) is 3.58. The van der Waals surface area contributed by atoms with E-state index in [4.69, 9.17) is 0 Å². The Balaban J connectivity index is 2.46. The molecule has 1 heterocycles. The molecule has 2 rings (SSSR count). The molecule has 0 bridgehead atoms. The van der Waals surface area contributed by atoms with Crippen molar-refractivity contribution in [2.24, 2.45) is 5.41 Å². The first-order valence-electron chi connectivity index (χ1n) is 5.50. The maximum absolute atomic E-state index is 12.2. The van der Waals surface area contributed by atoms with Gasteiger partial charge in [0.1, 0.15) is 0 Å². The van der Waals surface area contributed by atoms with Gasteiger partial charge in [0.25, 0.3) is 0 Å². The zero-order valence-electron chi connectivity index (χ0n) is 10.5. The van der Waals surface area contributed by atoms with Crippen LogP contribution in [-0.4, -0.2) is 35.4 Å². The molecule has 0 atom stereocenters. The van der Waals surface area contributed by atoms with Crippen LogP contribution in [0, 0.1) is 5.41 Å². The van der Waals surface area contributed by atoms with Crippen molar-refractivity contribution in [2.45, 2.75) is 13.8 Å². The number of hydrogen-bond acceptors (Lipinski definition) is 2. The van der Waals surface area contributed by atoms with Gasteiger partial charge in [-0.05, 0) is 13.8 Å². The zero-order chi connectivity index (χ0) is 12.8. The molecule has 0 aliphatic heterocycles. The van der Waals surface area contributed by atoms with Gasteiger partial charge in [-0.3, -0.25) is 9.36 Å². The normalized spacial score (nSPS) is 16.8. The van der Waals surface area contributed by atoms with Crippen LogP contribution in [0.4, 0.5) is 4.79 Å². The Morgan fingerprint density at radius 3 is 2.53 bits per heavy atom. The Morgan fingerprint density at radius 1 is 1.29 bits per heavy atom. The minimum atomic E-state index is -0.486. The van der Waals surface area contributed by atoms with Crippen molar-refractivity contribution in [1.29, 1.82) is 0 Å². The molecule has 1 aromatic heterocycles. The second-order valence-corrected chi connectivity index (χ2v) is 5.10. The second-order valence-electron chi connectivity index (χ2n) is 5.10. The van der Waals surface area contributed by atoms with E-state index < -0.39 is 5.41 Å². The quantitative estimate of drug-likeness (QED) is 0.688. The van der Waals surface area contributed by atoms with Crippen molar-refractivity contribution in [3.05, 3.63) is 29.6 Å². The Labute approximate surface area is 101 Å². The summed E-state index contributed by atoms with van der Waals surface area (Å²) in [6.07, 6.45) is 7.09. The van der Waals surface area contributed by atoms with E-state index in [1.54, 1.807) is 26.5 Å². The molecule has 0 saturated heterocycles. The summed E-state index contributed by atoms with van der Waals surface area (Å²) >= 11 is 0. The molecule has 90 valence electrons. The zero-order valence-corrected chi connectivity index (χ0v) is 10.5. The molecular weight excluding hydrogens is 216 g/mol. The molecular formula is C13H16N2O2. The van der Waals surface area contributed by atoms with Crippen molar-refractivity contribution < 1.29 is 9.59 Å². The fourth-order valence-electron chi connectivity index (χ4n) is 1.86. The van der Waals surface area contributed by atoms with E-state index in [0.717, 1.165) is 5.56 Å². The number of nitrogens with zero attached hydrogens (tertiary/aromatic N) is 2. The van der Waals surface area contributed by atoms with Gasteiger partial charge in [0.2, 0.25) is 0 Å². The van der Waals surface area contributed by atoms with Gasteiger partial charge in [0.05, 0.1) is 0 Å². The first-order valence-corrected chi connectivity index (χ1v) is 5.50. The summed E-state index contributed by atoms with van der Waals surface area (Å²) in [4.78, 5) is 25.4. The fourth-order valence-corrected chi connectivity index (χ4v) is 1.86. The molecule has 1 amide bonds. The number of amides is 1. The van der Waals surface area contributed by atoms with Crippen LogP contribution in [0.5, 0.6) is 0 Å². The van der Waals surface area contributed by atoms with E-state index in [0.29, 0.717) is 5.56 Å². The standard InChI is InChI=1S/C13H16N2O2/c1-13(2)6-5-9-7-15(12(17)14(3)4)8-10(9)11(13)16/h5-8H,1-4H3. The first-order chi connectivity index (χ1) is 7.83. The van der Waals surface area contributed by atoms with Crippen LogP contribution >= 0.6 is 0 Å². The number of aromatic nitrogens is 1. The number of fused-ring (bicyclic) bond motifs is 1. The van der Waals surface area contributed by atoms with Gasteiger partial charge >= 0.3 is 6.03 Å². The molecule has 0 aromatic carbocycles. The topological polar surface area (TPSA) is 42.3 Å². The lowest BCUT2D eigenvalue weighted by atomic mass is 9.80. The van der Waals surface area contributed by atoms with Crippen LogP contribution in [0.15, 0.2) is 18.5 Å². The molecule has 0 spiro atoms. The van der Waals surface area contributed by atoms with Gasteiger partial charge in [0.15, 0.2) is 5.78 Å². The molecule has 4 nitrogen and oxygen atoms in total. The van der Waals surface area contributed by atoms with Crippen LogP contribution in [0.2, 0.25) is 0 Å². The van der Waals surface area contributed by atoms with Crippen molar-refractivity contribution in [1.82, 2.24) is 9.47 Å². The first kappa shape index (κ1) is 11.6. The molecule has 1 aliphatic carbocycles. The lowest BCUT2D eigenvalue weighted by molar-refractivity contribution is 0.0883. The summed E-state index contributed by atoms with van der Waals surface area (Å²) in [5.74, 6) is 0.0558. The molecule has 0 N–H and O–H groups in total. The summed E-state index contributed by atoms with van der Waals surface area (Å²) in [6.45, 7) is 3.75. The van der Waals surface area contributed by atoms with E-state index in [9.17, 15) is 9.59 Å². The van der Waals surface area contributed by atoms with Crippen LogP contribution in [0.25, 0.3) is 6.08 Å². The van der Waals surface area contributed by atoms with Crippen molar-refractivity contribution in [2.75, 3.05) is 14.1 Å². The molecule has 0 fully saturated rings. The summed E-state index contributed by atoms with van der Waals surface area (Å²) in [5, 5.41) is 0.